The summed E-state index contributed by atoms with van der Waals surface area (Å²) in [6.07, 6.45) is 0. The largest absolute Gasteiger partial charge is 0.491 e. The fourth-order valence-corrected chi connectivity index (χ4v) is 3.17. The summed E-state index contributed by atoms with van der Waals surface area (Å²) in [5.74, 6) is 0.255. The van der Waals surface area contributed by atoms with Gasteiger partial charge in [-0.1, -0.05) is 6.07 Å². The lowest BCUT2D eigenvalue weighted by molar-refractivity contribution is 0.0947. The van der Waals surface area contributed by atoms with Crippen LogP contribution in [0.4, 0.5) is 5.69 Å². The molecule has 1 aromatic heterocycles. The van der Waals surface area contributed by atoms with Crippen molar-refractivity contribution in [1.29, 1.82) is 0 Å². The quantitative estimate of drug-likeness (QED) is 0.808. The smallest absolute Gasteiger partial charge is 0.255 e. The summed E-state index contributed by atoms with van der Waals surface area (Å²) in [7, 11) is 0. The Morgan fingerprint density at radius 1 is 1.40 bits per heavy atom. The Morgan fingerprint density at radius 2 is 2.20 bits per heavy atom. The van der Waals surface area contributed by atoms with Crippen molar-refractivity contribution in [3.63, 3.8) is 0 Å². The highest BCUT2D eigenvalue weighted by atomic mass is 79.9. The second-order valence-corrected chi connectivity index (χ2v) is 6.59. The molecular weight excluding hydrogens is 340 g/mol. The molecule has 0 aliphatic rings. The van der Waals surface area contributed by atoms with Gasteiger partial charge in [0, 0.05) is 4.88 Å². The average Bonchev–Trinajstić information content (AvgIpc) is 2.84. The highest BCUT2D eigenvalue weighted by molar-refractivity contribution is 9.11. The van der Waals surface area contributed by atoms with Crippen molar-refractivity contribution in [3.8, 4) is 5.75 Å². The van der Waals surface area contributed by atoms with Crippen LogP contribution < -0.4 is 15.8 Å². The van der Waals surface area contributed by atoms with Gasteiger partial charge in [0.1, 0.15) is 0 Å². The van der Waals surface area contributed by atoms with Gasteiger partial charge in [-0.2, -0.15) is 0 Å². The SMILES string of the molecule is CCOc1c(N)cccc1C(=O)NCc1ccc(Br)s1. The van der Waals surface area contributed by atoms with Crippen LogP contribution in [0.5, 0.6) is 5.75 Å². The molecule has 2 aromatic rings. The van der Waals surface area contributed by atoms with E-state index < -0.39 is 0 Å². The molecule has 0 saturated heterocycles. The topological polar surface area (TPSA) is 64.3 Å². The first-order valence-electron chi connectivity index (χ1n) is 6.15. The summed E-state index contributed by atoms with van der Waals surface area (Å²) in [5, 5.41) is 2.87. The lowest BCUT2D eigenvalue weighted by Gasteiger charge is -2.12. The van der Waals surface area contributed by atoms with Crippen molar-refractivity contribution in [2.75, 3.05) is 12.3 Å². The molecule has 4 nitrogen and oxygen atoms in total. The molecular formula is C14H15BrN2O2S. The molecule has 2 rings (SSSR count). The van der Waals surface area contributed by atoms with E-state index in [4.69, 9.17) is 10.5 Å². The van der Waals surface area contributed by atoms with Crippen LogP contribution in [0.2, 0.25) is 0 Å². The van der Waals surface area contributed by atoms with E-state index in [1.54, 1.807) is 29.5 Å². The zero-order chi connectivity index (χ0) is 14.5. The second-order valence-electron chi connectivity index (χ2n) is 4.05. The first kappa shape index (κ1) is 14.9. The third kappa shape index (κ3) is 3.52. The number of nitrogen functional groups attached to an aromatic ring is 1. The maximum Gasteiger partial charge on any atom is 0.255 e. The van der Waals surface area contributed by atoms with Crippen molar-refractivity contribution >= 4 is 38.9 Å². The number of para-hydroxylation sites is 1. The van der Waals surface area contributed by atoms with Crippen molar-refractivity contribution in [3.05, 3.63) is 44.6 Å². The average molecular weight is 355 g/mol. The fraction of sp³-hybridized carbons (Fsp3) is 0.214. The van der Waals surface area contributed by atoms with Crippen LogP contribution in [0.25, 0.3) is 0 Å². The van der Waals surface area contributed by atoms with Crippen LogP contribution >= 0.6 is 27.3 Å². The summed E-state index contributed by atoms with van der Waals surface area (Å²) < 4.78 is 6.50. The van der Waals surface area contributed by atoms with Crippen molar-refractivity contribution in [1.82, 2.24) is 5.32 Å². The fourth-order valence-electron chi connectivity index (χ4n) is 1.75. The van der Waals surface area contributed by atoms with Crippen molar-refractivity contribution < 1.29 is 9.53 Å². The Labute approximate surface area is 130 Å². The number of hydrogen-bond acceptors (Lipinski definition) is 4. The summed E-state index contributed by atoms with van der Waals surface area (Å²) in [6.45, 7) is 2.80. The highest BCUT2D eigenvalue weighted by Crippen LogP contribution is 2.27. The number of amides is 1. The van der Waals surface area contributed by atoms with E-state index in [0.717, 1.165) is 8.66 Å². The first-order chi connectivity index (χ1) is 9.61. The van der Waals surface area contributed by atoms with Gasteiger partial charge in [-0.3, -0.25) is 4.79 Å². The van der Waals surface area contributed by atoms with Gasteiger partial charge in [0.05, 0.1) is 28.2 Å². The number of halogens is 1. The molecule has 0 bridgehead atoms. The van der Waals surface area contributed by atoms with Crippen molar-refractivity contribution in [2.45, 2.75) is 13.5 Å². The number of carbonyl (C=O) groups excluding carboxylic acids is 1. The Morgan fingerprint density at radius 3 is 2.85 bits per heavy atom. The lowest BCUT2D eigenvalue weighted by atomic mass is 10.1. The molecule has 20 heavy (non-hydrogen) atoms. The Kier molecular flexibility index (Phi) is 5.03. The zero-order valence-electron chi connectivity index (χ0n) is 11.0. The van der Waals surface area contributed by atoms with Gasteiger partial charge >= 0.3 is 0 Å². The molecule has 0 unspecified atom stereocenters. The predicted molar refractivity (Wildman–Crippen MR) is 85.2 cm³/mol. The van der Waals surface area contributed by atoms with Crippen LogP contribution in [-0.2, 0) is 6.54 Å². The van der Waals surface area contributed by atoms with Gasteiger partial charge in [-0.05, 0) is 47.1 Å². The summed E-state index contributed by atoms with van der Waals surface area (Å²) in [6, 6.07) is 9.10. The molecule has 1 aromatic carbocycles. The Hall–Kier alpha value is -1.53. The molecule has 0 aliphatic carbocycles. The van der Waals surface area contributed by atoms with Crippen LogP contribution in [0.1, 0.15) is 22.2 Å². The number of nitrogens with one attached hydrogen (secondary N) is 1. The molecule has 0 saturated carbocycles. The minimum atomic E-state index is -0.190. The Bertz CT molecular complexity index is 613. The number of rotatable bonds is 5. The van der Waals surface area contributed by atoms with Gasteiger partial charge in [-0.25, -0.2) is 0 Å². The third-order valence-corrected chi connectivity index (χ3v) is 4.25. The standard InChI is InChI=1S/C14H15BrN2O2S/c1-2-19-13-10(4-3-5-11(13)16)14(18)17-8-9-6-7-12(15)20-9/h3-7H,2,8,16H2,1H3,(H,17,18). The predicted octanol–water partition coefficient (Wildman–Crippen LogP) is 3.42. The van der Waals surface area contributed by atoms with E-state index >= 15 is 0 Å². The summed E-state index contributed by atoms with van der Waals surface area (Å²) in [5.41, 5.74) is 6.78. The van der Waals surface area contributed by atoms with E-state index in [2.05, 4.69) is 21.2 Å². The van der Waals surface area contributed by atoms with Gasteiger partial charge in [0.2, 0.25) is 0 Å². The third-order valence-electron chi connectivity index (χ3n) is 2.63. The molecule has 106 valence electrons. The monoisotopic (exact) mass is 354 g/mol. The number of benzene rings is 1. The highest BCUT2D eigenvalue weighted by Gasteiger charge is 2.14. The minimum absolute atomic E-state index is 0.190. The minimum Gasteiger partial charge on any atom is -0.491 e. The molecule has 1 heterocycles. The molecule has 3 N–H and O–H groups in total. The van der Waals surface area contributed by atoms with Gasteiger partial charge in [0.25, 0.3) is 5.91 Å². The molecule has 1 amide bonds. The molecule has 0 radical (unpaired) electrons. The summed E-state index contributed by atoms with van der Waals surface area (Å²) >= 11 is 4.98. The second kappa shape index (κ2) is 6.76. The van der Waals surface area contributed by atoms with Gasteiger partial charge in [0.15, 0.2) is 5.75 Å². The van der Waals surface area contributed by atoms with E-state index in [1.807, 2.05) is 19.1 Å². The van der Waals surface area contributed by atoms with Crippen LogP contribution in [0.3, 0.4) is 0 Å². The number of thiophene rings is 1. The number of ether oxygens (including phenoxy) is 1. The number of anilines is 1. The number of hydrogen-bond donors (Lipinski definition) is 2. The maximum absolute atomic E-state index is 12.2. The molecule has 0 aliphatic heterocycles. The normalized spacial score (nSPS) is 10.3. The van der Waals surface area contributed by atoms with Gasteiger partial charge < -0.3 is 15.8 Å². The molecule has 0 atom stereocenters. The van der Waals surface area contributed by atoms with Crippen LogP contribution in [0, 0.1) is 0 Å². The van der Waals surface area contributed by atoms with Crippen LogP contribution in [0.15, 0.2) is 34.1 Å². The zero-order valence-corrected chi connectivity index (χ0v) is 13.4. The molecule has 0 spiro atoms. The maximum atomic E-state index is 12.2. The van der Waals surface area contributed by atoms with E-state index in [0.29, 0.717) is 30.2 Å². The van der Waals surface area contributed by atoms with E-state index in [-0.39, 0.29) is 5.91 Å². The molecule has 6 heteroatoms. The van der Waals surface area contributed by atoms with Crippen LogP contribution in [-0.4, -0.2) is 12.5 Å². The van der Waals surface area contributed by atoms with E-state index in [9.17, 15) is 4.79 Å². The first-order valence-corrected chi connectivity index (χ1v) is 7.76. The number of carbonyl (C=O) groups is 1. The van der Waals surface area contributed by atoms with E-state index in [1.165, 1.54) is 0 Å². The number of nitrogens with two attached hydrogens (primary N) is 1. The van der Waals surface area contributed by atoms with Crippen molar-refractivity contribution in [2.24, 2.45) is 0 Å². The lowest BCUT2D eigenvalue weighted by Crippen LogP contribution is -2.23. The molecule has 0 fully saturated rings. The Balaban J connectivity index is 2.10. The summed E-state index contributed by atoms with van der Waals surface area (Å²) in [4.78, 5) is 13.3. The van der Waals surface area contributed by atoms with Gasteiger partial charge in [-0.15, -0.1) is 11.3 Å².